The second-order valence-electron chi connectivity index (χ2n) is 7.19. The smallest absolute Gasteiger partial charge is 0.220 e. The zero-order chi connectivity index (χ0) is 19.3. The van der Waals surface area contributed by atoms with E-state index < -0.39 is 0 Å². The van der Waals surface area contributed by atoms with Crippen molar-refractivity contribution in [2.24, 2.45) is 0 Å². The number of aromatic nitrogens is 2. The van der Waals surface area contributed by atoms with Crippen LogP contribution in [-0.4, -0.2) is 21.8 Å². The molecule has 2 heterocycles. The summed E-state index contributed by atoms with van der Waals surface area (Å²) in [4.78, 5) is 17.5. The summed E-state index contributed by atoms with van der Waals surface area (Å²) in [5.41, 5.74) is 3.63. The van der Waals surface area contributed by atoms with Crippen molar-refractivity contribution < 1.29 is 9.18 Å². The maximum Gasteiger partial charge on any atom is 0.220 e. The predicted molar refractivity (Wildman–Crippen MR) is 111 cm³/mol. The lowest BCUT2D eigenvalue weighted by Gasteiger charge is -2.12. The molecule has 0 radical (unpaired) electrons. The molecule has 4 rings (SSSR count). The molecule has 0 spiro atoms. The minimum absolute atomic E-state index is 0.0743. The molecule has 146 valence electrons. The van der Waals surface area contributed by atoms with E-state index in [0.29, 0.717) is 30.6 Å². The second-order valence-corrected chi connectivity index (χ2v) is 8.03. The van der Waals surface area contributed by atoms with Crippen molar-refractivity contribution in [3.63, 3.8) is 0 Å². The van der Waals surface area contributed by atoms with E-state index in [0.717, 1.165) is 17.1 Å². The topological polar surface area (TPSA) is 46.4 Å². The molecule has 0 bridgehead atoms. The van der Waals surface area contributed by atoms with E-state index in [4.69, 9.17) is 0 Å². The number of imidazole rings is 1. The first-order chi connectivity index (χ1) is 13.7. The number of thiazole rings is 1. The average molecular weight is 398 g/mol. The first kappa shape index (κ1) is 18.9. The van der Waals surface area contributed by atoms with Gasteiger partial charge in [0.1, 0.15) is 5.82 Å². The Morgan fingerprint density at radius 3 is 2.96 bits per heavy atom. The molecule has 4 nitrogen and oxygen atoms in total. The molecule has 0 aliphatic heterocycles. The number of nitrogens with zero attached hydrogens (tertiary/aromatic N) is 2. The third kappa shape index (κ3) is 4.33. The Morgan fingerprint density at radius 2 is 2.14 bits per heavy atom. The summed E-state index contributed by atoms with van der Waals surface area (Å²) < 4.78 is 16.0. The number of carbonyl (C=O) groups is 1. The number of rotatable bonds is 7. The Bertz CT molecular complexity index is 1000. The molecule has 1 aromatic carbocycles. The monoisotopic (exact) mass is 397 g/mol. The van der Waals surface area contributed by atoms with Crippen LogP contribution in [0.4, 0.5) is 4.39 Å². The molecule has 2 aromatic heterocycles. The van der Waals surface area contributed by atoms with Gasteiger partial charge in [-0.1, -0.05) is 23.8 Å². The third-order valence-electron chi connectivity index (χ3n) is 5.19. The minimum Gasteiger partial charge on any atom is -0.356 e. The fourth-order valence-electron chi connectivity index (χ4n) is 3.63. The van der Waals surface area contributed by atoms with Crippen LogP contribution in [0, 0.1) is 5.82 Å². The van der Waals surface area contributed by atoms with Gasteiger partial charge >= 0.3 is 0 Å². The largest absolute Gasteiger partial charge is 0.356 e. The van der Waals surface area contributed by atoms with E-state index in [1.807, 2.05) is 16.0 Å². The van der Waals surface area contributed by atoms with Crippen molar-refractivity contribution in [3.05, 3.63) is 59.0 Å². The average Bonchev–Trinajstić information content (AvgIpc) is 3.29. The quantitative estimate of drug-likeness (QED) is 0.561. The lowest BCUT2D eigenvalue weighted by atomic mass is 9.97. The summed E-state index contributed by atoms with van der Waals surface area (Å²) in [6.07, 6.45) is 11.1. The maximum atomic E-state index is 14.0. The summed E-state index contributed by atoms with van der Waals surface area (Å²) in [6, 6.07) is 6.65. The number of allylic oxidation sites excluding steroid dienone is 1. The van der Waals surface area contributed by atoms with Crippen LogP contribution in [-0.2, 0) is 11.2 Å². The van der Waals surface area contributed by atoms with E-state index in [9.17, 15) is 9.18 Å². The van der Waals surface area contributed by atoms with Gasteiger partial charge in [0.15, 0.2) is 4.96 Å². The van der Waals surface area contributed by atoms with Crippen molar-refractivity contribution in [1.82, 2.24) is 14.7 Å². The van der Waals surface area contributed by atoms with Gasteiger partial charge in [-0.3, -0.25) is 9.20 Å². The highest BCUT2D eigenvalue weighted by Crippen LogP contribution is 2.26. The number of hydrogen-bond acceptors (Lipinski definition) is 3. The van der Waals surface area contributed by atoms with Gasteiger partial charge in [0.05, 0.1) is 5.69 Å². The van der Waals surface area contributed by atoms with Crippen LogP contribution in [0.15, 0.2) is 47.5 Å². The number of benzene rings is 1. The highest BCUT2D eigenvalue weighted by atomic mass is 32.1. The molecule has 1 aliphatic carbocycles. The molecule has 1 amide bonds. The van der Waals surface area contributed by atoms with Gasteiger partial charge in [-0.15, -0.1) is 11.3 Å². The van der Waals surface area contributed by atoms with Crippen LogP contribution in [0.5, 0.6) is 0 Å². The van der Waals surface area contributed by atoms with E-state index in [1.54, 1.807) is 18.2 Å². The molecule has 6 heteroatoms. The van der Waals surface area contributed by atoms with E-state index in [1.165, 1.54) is 48.7 Å². The molecular formula is C22H24FN3OS. The van der Waals surface area contributed by atoms with Gasteiger partial charge in [-0.2, -0.15) is 0 Å². The number of halogens is 1. The third-order valence-corrected chi connectivity index (χ3v) is 6.08. The van der Waals surface area contributed by atoms with E-state index in [-0.39, 0.29) is 11.7 Å². The number of amides is 1. The van der Waals surface area contributed by atoms with Crippen LogP contribution in [0.3, 0.4) is 0 Å². The predicted octanol–water partition coefficient (Wildman–Crippen LogP) is 5.14. The lowest BCUT2D eigenvalue weighted by molar-refractivity contribution is -0.121. The molecule has 3 aromatic rings. The van der Waals surface area contributed by atoms with Crippen LogP contribution in [0.1, 0.15) is 44.2 Å². The lowest BCUT2D eigenvalue weighted by Crippen LogP contribution is -2.25. The highest BCUT2D eigenvalue weighted by molar-refractivity contribution is 7.15. The van der Waals surface area contributed by atoms with Crippen molar-refractivity contribution in [2.75, 3.05) is 6.54 Å². The van der Waals surface area contributed by atoms with Crippen molar-refractivity contribution in [1.29, 1.82) is 0 Å². The molecular weight excluding hydrogens is 373 g/mol. The summed E-state index contributed by atoms with van der Waals surface area (Å²) in [5.74, 6) is -0.201. The Kier molecular flexibility index (Phi) is 5.86. The van der Waals surface area contributed by atoms with Gasteiger partial charge < -0.3 is 5.32 Å². The molecule has 1 aliphatic rings. The molecule has 0 saturated carbocycles. The van der Waals surface area contributed by atoms with E-state index in [2.05, 4.69) is 16.4 Å². The summed E-state index contributed by atoms with van der Waals surface area (Å²) in [7, 11) is 0. The van der Waals surface area contributed by atoms with Crippen LogP contribution in [0.2, 0.25) is 0 Å². The molecule has 0 atom stereocenters. The number of nitrogens with one attached hydrogen (secondary N) is 1. The van der Waals surface area contributed by atoms with Gasteiger partial charge in [0.25, 0.3) is 0 Å². The zero-order valence-corrected chi connectivity index (χ0v) is 16.6. The Labute approximate surface area is 168 Å². The van der Waals surface area contributed by atoms with Gasteiger partial charge in [-0.25, -0.2) is 9.37 Å². The molecule has 0 unspecified atom stereocenters. The molecule has 28 heavy (non-hydrogen) atoms. The fourth-order valence-corrected chi connectivity index (χ4v) is 4.54. The SMILES string of the molecule is O=C(CCc1csc2nc(-c3ccccc3F)cn12)NCCC1=CCCCC1. The highest BCUT2D eigenvalue weighted by Gasteiger charge is 2.13. The first-order valence-electron chi connectivity index (χ1n) is 9.85. The molecule has 0 saturated heterocycles. The zero-order valence-electron chi connectivity index (χ0n) is 15.8. The summed E-state index contributed by atoms with van der Waals surface area (Å²) in [5, 5.41) is 5.05. The fraction of sp³-hybridized carbons (Fsp3) is 0.364. The van der Waals surface area contributed by atoms with Crippen molar-refractivity contribution in [2.45, 2.75) is 44.9 Å². The first-order valence-corrected chi connectivity index (χ1v) is 10.7. The van der Waals surface area contributed by atoms with Crippen molar-refractivity contribution in [3.8, 4) is 11.3 Å². The van der Waals surface area contributed by atoms with Crippen molar-refractivity contribution >= 4 is 22.2 Å². The van der Waals surface area contributed by atoms with Crippen LogP contribution >= 0.6 is 11.3 Å². The standard InChI is InChI=1S/C22H24FN3OS/c23-19-9-5-4-8-18(19)20-14-26-17(15-28-22(26)25-20)10-11-21(27)24-13-12-16-6-2-1-3-7-16/h4-6,8-9,14-15H,1-3,7,10-13H2,(H,24,27). The van der Waals surface area contributed by atoms with E-state index >= 15 is 0 Å². The van der Waals surface area contributed by atoms with Gasteiger partial charge in [-0.05, 0) is 50.7 Å². The van der Waals surface area contributed by atoms with Crippen LogP contribution < -0.4 is 5.32 Å². The number of aryl methyl sites for hydroxylation is 1. The normalized spacial score (nSPS) is 14.2. The Morgan fingerprint density at radius 1 is 1.25 bits per heavy atom. The van der Waals surface area contributed by atoms with Crippen LogP contribution in [0.25, 0.3) is 16.2 Å². The number of hydrogen-bond donors (Lipinski definition) is 1. The van der Waals surface area contributed by atoms with Gasteiger partial charge in [0.2, 0.25) is 5.91 Å². The number of fused-ring (bicyclic) bond motifs is 1. The second kappa shape index (κ2) is 8.69. The molecule has 0 fully saturated rings. The Hall–Kier alpha value is -2.47. The summed E-state index contributed by atoms with van der Waals surface area (Å²) in [6.45, 7) is 0.715. The molecule has 1 N–H and O–H groups in total. The number of carbonyl (C=O) groups excluding carboxylic acids is 1. The maximum absolute atomic E-state index is 14.0. The van der Waals surface area contributed by atoms with Gasteiger partial charge in [0, 0.05) is 35.8 Å². The Balaban J connectivity index is 1.34. The minimum atomic E-state index is -0.276. The summed E-state index contributed by atoms with van der Waals surface area (Å²) >= 11 is 1.51.